The van der Waals surface area contributed by atoms with Gasteiger partial charge in [0.2, 0.25) is 5.91 Å². The monoisotopic (exact) mass is 432 g/mol. The van der Waals surface area contributed by atoms with E-state index in [1.54, 1.807) is 12.1 Å². The molecule has 0 spiro atoms. The summed E-state index contributed by atoms with van der Waals surface area (Å²) >= 11 is 6.27. The number of amides is 1. The van der Waals surface area contributed by atoms with Gasteiger partial charge in [-0.1, -0.05) is 35.4 Å². The van der Waals surface area contributed by atoms with Crippen molar-refractivity contribution in [3.05, 3.63) is 57.6 Å². The maximum Gasteiger partial charge on any atom is 0.343 e. The molecular formula is C22H25ClN2O5. The van der Waals surface area contributed by atoms with E-state index in [0.717, 1.165) is 16.7 Å². The normalized spacial score (nSPS) is 10.7. The Bertz CT molecular complexity index is 943. The van der Waals surface area contributed by atoms with E-state index in [0.29, 0.717) is 17.9 Å². The van der Waals surface area contributed by atoms with E-state index >= 15 is 0 Å². The van der Waals surface area contributed by atoms with E-state index in [-0.39, 0.29) is 29.7 Å². The molecule has 0 aliphatic heterocycles. The number of carbonyl (C=O) groups excluding carboxylic acids is 2. The van der Waals surface area contributed by atoms with Crippen LogP contribution in [0.15, 0.2) is 35.4 Å². The molecule has 0 fully saturated rings. The first-order valence-electron chi connectivity index (χ1n) is 9.38. The summed E-state index contributed by atoms with van der Waals surface area (Å²) in [5, 5.41) is 4.23. The molecule has 0 bridgehead atoms. The fraction of sp³-hybridized carbons (Fsp3) is 0.318. The van der Waals surface area contributed by atoms with Gasteiger partial charge in [0, 0.05) is 0 Å². The molecule has 0 saturated carbocycles. The van der Waals surface area contributed by atoms with Crippen LogP contribution in [-0.4, -0.2) is 38.4 Å². The van der Waals surface area contributed by atoms with Crippen LogP contribution in [0.2, 0.25) is 5.02 Å². The molecule has 0 saturated heterocycles. The van der Waals surface area contributed by atoms with Gasteiger partial charge in [0.25, 0.3) is 0 Å². The van der Waals surface area contributed by atoms with Crippen LogP contribution in [0, 0.1) is 13.8 Å². The molecule has 0 unspecified atom stereocenters. The van der Waals surface area contributed by atoms with Crippen LogP contribution in [-0.2, 0) is 20.7 Å². The number of benzene rings is 2. The molecule has 0 atom stereocenters. The first-order valence-corrected chi connectivity index (χ1v) is 9.75. The molecule has 0 radical (unpaired) electrons. The molecule has 30 heavy (non-hydrogen) atoms. The molecule has 0 aliphatic rings. The second-order valence-corrected chi connectivity index (χ2v) is 6.93. The third kappa shape index (κ3) is 6.77. The molecule has 2 aromatic rings. The summed E-state index contributed by atoms with van der Waals surface area (Å²) in [6, 6.07) is 9.19. The molecule has 160 valence electrons. The van der Waals surface area contributed by atoms with E-state index in [2.05, 4.69) is 15.3 Å². The van der Waals surface area contributed by atoms with E-state index < -0.39 is 5.97 Å². The van der Waals surface area contributed by atoms with Crippen LogP contribution >= 0.6 is 11.6 Å². The Hall–Kier alpha value is -3.06. The third-order valence-corrected chi connectivity index (χ3v) is 4.43. The van der Waals surface area contributed by atoms with E-state index in [1.165, 1.54) is 13.3 Å². The second-order valence-electron chi connectivity index (χ2n) is 6.53. The van der Waals surface area contributed by atoms with Crippen molar-refractivity contribution in [1.29, 1.82) is 0 Å². The van der Waals surface area contributed by atoms with Crippen molar-refractivity contribution in [3.63, 3.8) is 0 Å². The van der Waals surface area contributed by atoms with Crippen molar-refractivity contribution in [3.8, 4) is 11.5 Å². The summed E-state index contributed by atoms with van der Waals surface area (Å²) in [5.74, 6) is -0.171. The summed E-state index contributed by atoms with van der Waals surface area (Å²) in [4.78, 5) is 23.5. The minimum absolute atomic E-state index is 0.229. The number of esters is 1. The SMILES string of the molecule is CCOc1cc(/C=N/NC(=O)Cc2ccc(C)cc2C)cc(Cl)c1OCC(=O)OC. The van der Waals surface area contributed by atoms with Crippen molar-refractivity contribution in [1.82, 2.24) is 5.43 Å². The van der Waals surface area contributed by atoms with Gasteiger partial charge < -0.3 is 14.2 Å². The maximum absolute atomic E-state index is 12.2. The van der Waals surface area contributed by atoms with Gasteiger partial charge in [-0.15, -0.1) is 0 Å². The predicted molar refractivity (Wildman–Crippen MR) is 115 cm³/mol. The lowest BCUT2D eigenvalue weighted by atomic mass is 10.0. The van der Waals surface area contributed by atoms with Gasteiger partial charge >= 0.3 is 5.97 Å². The Morgan fingerprint density at radius 1 is 1.17 bits per heavy atom. The molecule has 0 heterocycles. The van der Waals surface area contributed by atoms with Crippen LogP contribution in [0.3, 0.4) is 0 Å². The zero-order valence-corrected chi connectivity index (χ0v) is 18.2. The van der Waals surface area contributed by atoms with Gasteiger partial charge in [-0.3, -0.25) is 4.79 Å². The van der Waals surface area contributed by atoms with Crippen molar-refractivity contribution in [2.45, 2.75) is 27.2 Å². The van der Waals surface area contributed by atoms with Gasteiger partial charge in [-0.05, 0) is 49.6 Å². The first kappa shape index (κ1) is 23.2. The number of carbonyl (C=O) groups is 2. The standard InChI is InChI=1S/C22H25ClN2O5/c1-5-29-19-10-16(9-18(23)22(19)30-13-21(27)28-4)12-24-25-20(26)11-17-7-6-14(2)8-15(17)3/h6-10,12H,5,11,13H2,1-4H3,(H,25,26)/b24-12+. The van der Waals surface area contributed by atoms with Gasteiger partial charge in [-0.25, -0.2) is 10.2 Å². The lowest BCUT2D eigenvalue weighted by Crippen LogP contribution is -2.20. The van der Waals surface area contributed by atoms with Crippen LogP contribution in [0.1, 0.15) is 29.2 Å². The molecule has 2 aromatic carbocycles. The number of rotatable bonds is 9. The first-order chi connectivity index (χ1) is 14.3. The van der Waals surface area contributed by atoms with Crippen LogP contribution in [0.4, 0.5) is 0 Å². The number of methoxy groups -OCH3 is 1. The average Bonchev–Trinajstić information content (AvgIpc) is 2.69. The highest BCUT2D eigenvalue weighted by molar-refractivity contribution is 6.32. The summed E-state index contributed by atoms with van der Waals surface area (Å²) < 4.78 is 15.5. The highest BCUT2D eigenvalue weighted by atomic mass is 35.5. The zero-order valence-electron chi connectivity index (χ0n) is 17.5. The maximum atomic E-state index is 12.2. The number of halogens is 1. The van der Waals surface area contributed by atoms with Crippen molar-refractivity contribution >= 4 is 29.7 Å². The Morgan fingerprint density at radius 2 is 1.93 bits per heavy atom. The largest absolute Gasteiger partial charge is 0.490 e. The summed E-state index contributed by atoms with van der Waals surface area (Å²) in [5.41, 5.74) is 6.26. The molecular weight excluding hydrogens is 408 g/mol. The van der Waals surface area contributed by atoms with Gasteiger partial charge in [0.15, 0.2) is 18.1 Å². The van der Waals surface area contributed by atoms with E-state index in [4.69, 9.17) is 21.1 Å². The van der Waals surface area contributed by atoms with E-state index in [1.807, 2.05) is 39.0 Å². The minimum Gasteiger partial charge on any atom is -0.490 e. The number of ether oxygens (including phenoxy) is 3. The molecule has 0 aromatic heterocycles. The lowest BCUT2D eigenvalue weighted by Gasteiger charge is -2.13. The number of hydrogen-bond acceptors (Lipinski definition) is 6. The van der Waals surface area contributed by atoms with Crippen molar-refractivity contribution < 1.29 is 23.8 Å². The number of hydrogen-bond donors (Lipinski definition) is 1. The molecule has 0 aliphatic carbocycles. The summed E-state index contributed by atoms with van der Waals surface area (Å²) in [6.45, 7) is 5.87. The van der Waals surface area contributed by atoms with Gasteiger partial charge in [-0.2, -0.15) is 5.10 Å². The number of hydrazone groups is 1. The second kappa shape index (κ2) is 11.2. The summed E-state index contributed by atoms with van der Waals surface area (Å²) in [6.07, 6.45) is 1.69. The fourth-order valence-electron chi connectivity index (χ4n) is 2.69. The highest BCUT2D eigenvalue weighted by Crippen LogP contribution is 2.36. The quantitative estimate of drug-likeness (QED) is 0.371. The predicted octanol–water partition coefficient (Wildman–Crippen LogP) is 3.60. The third-order valence-electron chi connectivity index (χ3n) is 4.15. The molecule has 1 amide bonds. The fourth-order valence-corrected chi connectivity index (χ4v) is 2.96. The van der Waals surface area contributed by atoms with Crippen LogP contribution in [0.5, 0.6) is 11.5 Å². The Morgan fingerprint density at radius 3 is 2.60 bits per heavy atom. The van der Waals surface area contributed by atoms with E-state index in [9.17, 15) is 9.59 Å². The van der Waals surface area contributed by atoms with Crippen LogP contribution < -0.4 is 14.9 Å². The number of nitrogens with one attached hydrogen (secondary N) is 1. The minimum atomic E-state index is -0.536. The number of aryl methyl sites for hydroxylation is 2. The molecule has 2 rings (SSSR count). The zero-order chi connectivity index (χ0) is 22.1. The number of nitrogens with zero attached hydrogens (tertiary/aromatic N) is 1. The molecule has 7 nitrogen and oxygen atoms in total. The molecule has 8 heteroatoms. The van der Waals surface area contributed by atoms with Crippen molar-refractivity contribution in [2.75, 3.05) is 20.3 Å². The Kier molecular flexibility index (Phi) is 8.68. The Balaban J connectivity index is 2.06. The smallest absolute Gasteiger partial charge is 0.343 e. The summed E-state index contributed by atoms with van der Waals surface area (Å²) in [7, 11) is 1.27. The topological polar surface area (TPSA) is 86.2 Å². The average molecular weight is 433 g/mol. The highest BCUT2D eigenvalue weighted by Gasteiger charge is 2.14. The molecule has 1 N–H and O–H groups in total. The van der Waals surface area contributed by atoms with Gasteiger partial charge in [0.1, 0.15) is 0 Å². The van der Waals surface area contributed by atoms with Crippen molar-refractivity contribution in [2.24, 2.45) is 5.10 Å². The lowest BCUT2D eigenvalue weighted by molar-refractivity contribution is -0.142. The van der Waals surface area contributed by atoms with Gasteiger partial charge in [0.05, 0.1) is 31.4 Å². The van der Waals surface area contributed by atoms with Crippen LogP contribution in [0.25, 0.3) is 0 Å². The Labute approximate surface area is 181 Å².